The molecule has 37 heavy (non-hydrogen) atoms. The molecule has 0 N–H and O–H groups in total. The molecule has 1 aliphatic rings. The van der Waals surface area contributed by atoms with Gasteiger partial charge < -0.3 is 4.43 Å². The Bertz CT molecular complexity index is 838. The summed E-state index contributed by atoms with van der Waals surface area (Å²) in [5, 5.41) is 8.65. The fraction of sp³-hybridized carbons (Fsp3) is 0.719. The van der Waals surface area contributed by atoms with Crippen LogP contribution >= 0.6 is 0 Å². The minimum absolute atomic E-state index is 0.438. The van der Waals surface area contributed by atoms with Gasteiger partial charge in [0.05, 0.1) is 5.69 Å². The van der Waals surface area contributed by atoms with E-state index in [0.717, 1.165) is 35.7 Å². The molecule has 0 bridgehead atoms. The lowest BCUT2D eigenvalue weighted by atomic mass is 9.95. The van der Waals surface area contributed by atoms with Crippen molar-refractivity contribution < 1.29 is 4.43 Å². The Morgan fingerprint density at radius 1 is 0.811 bits per heavy atom. The predicted octanol–water partition coefficient (Wildman–Crippen LogP) is 9.27. The highest BCUT2D eigenvalue weighted by atomic mass is 28.2. The molecule has 2 aromatic rings. The van der Waals surface area contributed by atoms with Crippen molar-refractivity contribution in [1.82, 2.24) is 15.2 Å². The van der Waals surface area contributed by atoms with Gasteiger partial charge in [-0.1, -0.05) is 117 Å². The quantitative estimate of drug-likeness (QED) is 0.121. The first-order valence-corrected chi connectivity index (χ1v) is 16.4. The van der Waals surface area contributed by atoms with Crippen LogP contribution in [-0.2, 0) is 6.42 Å². The minimum atomic E-state index is 0.438. The van der Waals surface area contributed by atoms with Gasteiger partial charge in [-0.25, -0.2) is 0 Å². The third kappa shape index (κ3) is 13.0. The van der Waals surface area contributed by atoms with Crippen LogP contribution in [0.2, 0.25) is 6.04 Å². The van der Waals surface area contributed by atoms with E-state index in [1.54, 1.807) is 0 Å². The van der Waals surface area contributed by atoms with Crippen molar-refractivity contribution in [3.05, 3.63) is 36.0 Å². The van der Waals surface area contributed by atoms with Crippen LogP contribution in [0.1, 0.15) is 123 Å². The zero-order valence-corrected chi connectivity index (χ0v) is 24.9. The summed E-state index contributed by atoms with van der Waals surface area (Å²) in [6.45, 7) is 7.00. The van der Waals surface area contributed by atoms with Crippen molar-refractivity contribution in [2.75, 3.05) is 0 Å². The van der Waals surface area contributed by atoms with Crippen LogP contribution in [0.15, 0.2) is 30.5 Å². The Morgan fingerprint density at radius 2 is 1.54 bits per heavy atom. The molecular weight excluding hydrogens is 470 g/mol. The van der Waals surface area contributed by atoms with Gasteiger partial charge >= 0.3 is 9.76 Å². The van der Waals surface area contributed by atoms with Crippen LogP contribution in [0.3, 0.4) is 0 Å². The Labute approximate surface area is 229 Å². The lowest BCUT2D eigenvalue weighted by Gasteiger charge is -2.14. The topological polar surface area (TPSA) is 47.9 Å². The van der Waals surface area contributed by atoms with E-state index in [0.29, 0.717) is 21.6 Å². The molecule has 204 valence electrons. The highest BCUT2D eigenvalue weighted by molar-refractivity contribution is 6.28. The Kier molecular flexibility index (Phi) is 14.3. The van der Waals surface area contributed by atoms with Crippen LogP contribution in [0.4, 0.5) is 0 Å². The van der Waals surface area contributed by atoms with Gasteiger partial charge in [0.15, 0.2) is 0 Å². The molecule has 2 heterocycles. The van der Waals surface area contributed by atoms with E-state index in [2.05, 4.69) is 48.1 Å². The molecule has 0 aliphatic heterocycles. The summed E-state index contributed by atoms with van der Waals surface area (Å²) in [7, 11) is 0.438. The second kappa shape index (κ2) is 17.7. The number of aryl methyl sites for hydroxylation is 1. The zero-order valence-electron chi connectivity index (χ0n) is 23.9. The van der Waals surface area contributed by atoms with Gasteiger partial charge in [-0.3, -0.25) is 4.98 Å². The largest absolute Gasteiger partial charge is 0.527 e. The van der Waals surface area contributed by atoms with Gasteiger partial charge in [0.1, 0.15) is 5.69 Å². The molecule has 2 atom stereocenters. The smallest absolute Gasteiger partial charge is 0.313 e. The average molecular weight is 522 g/mol. The van der Waals surface area contributed by atoms with E-state index in [9.17, 15) is 0 Å². The summed E-state index contributed by atoms with van der Waals surface area (Å²) >= 11 is 0. The van der Waals surface area contributed by atoms with Gasteiger partial charge in [-0.2, -0.15) is 0 Å². The van der Waals surface area contributed by atoms with E-state index < -0.39 is 0 Å². The number of rotatable bonds is 21. The summed E-state index contributed by atoms with van der Waals surface area (Å²) < 4.78 is 5.90. The van der Waals surface area contributed by atoms with Crippen molar-refractivity contribution >= 4 is 9.76 Å². The SMILES string of the molecule is CCCCC(C)CCC(C)C[Si]Oc1ccc(-c2ccc(CCCCCCCCCC3CC3)cn2)nn1. The summed E-state index contributed by atoms with van der Waals surface area (Å²) in [4.78, 5) is 4.64. The molecule has 1 fully saturated rings. The summed E-state index contributed by atoms with van der Waals surface area (Å²) in [5.41, 5.74) is 3.00. The van der Waals surface area contributed by atoms with Crippen LogP contribution in [-0.4, -0.2) is 24.9 Å². The molecule has 4 nitrogen and oxygen atoms in total. The first-order valence-electron chi connectivity index (χ1n) is 15.3. The molecular formula is C32H51N3OSi. The standard InChI is InChI=1S/C32H51N3OSi/c1-4-5-13-26(2)16-17-27(3)25-37-36-32-23-22-31(34-35-32)30-21-20-29(24-33-30)15-12-10-8-6-7-9-11-14-28-18-19-28/h20-24,26-28H,4-19,25H2,1-3H3. The van der Waals surface area contributed by atoms with Crippen molar-refractivity contribution in [1.29, 1.82) is 0 Å². The molecule has 3 rings (SSSR count). The number of pyridine rings is 1. The fourth-order valence-electron chi connectivity index (χ4n) is 4.91. The van der Waals surface area contributed by atoms with Crippen molar-refractivity contribution in [2.24, 2.45) is 17.8 Å². The van der Waals surface area contributed by atoms with Crippen LogP contribution < -0.4 is 4.43 Å². The van der Waals surface area contributed by atoms with Crippen LogP contribution in [0.5, 0.6) is 5.88 Å². The number of hydrogen-bond donors (Lipinski definition) is 0. The molecule has 0 saturated heterocycles. The Hall–Kier alpha value is -1.75. The second-order valence-corrected chi connectivity index (χ2v) is 12.5. The lowest BCUT2D eigenvalue weighted by molar-refractivity contribution is 0.412. The second-order valence-electron chi connectivity index (χ2n) is 11.6. The Morgan fingerprint density at radius 3 is 2.22 bits per heavy atom. The van der Waals surface area contributed by atoms with Crippen molar-refractivity contribution in [2.45, 2.75) is 130 Å². The van der Waals surface area contributed by atoms with Crippen molar-refractivity contribution in [3.63, 3.8) is 0 Å². The molecule has 0 amide bonds. The normalized spacial score (nSPS) is 15.0. The summed E-state index contributed by atoms with van der Waals surface area (Å²) in [6.07, 6.45) is 23.9. The molecule has 2 unspecified atom stereocenters. The van der Waals surface area contributed by atoms with Gasteiger partial charge in [0.25, 0.3) is 0 Å². The predicted molar refractivity (Wildman–Crippen MR) is 157 cm³/mol. The number of unbranched alkanes of at least 4 members (excludes halogenated alkanes) is 7. The maximum atomic E-state index is 5.90. The van der Waals surface area contributed by atoms with Crippen molar-refractivity contribution in [3.8, 4) is 17.3 Å². The summed E-state index contributed by atoms with van der Waals surface area (Å²) in [5.74, 6) is 3.25. The molecule has 0 spiro atoms. The molecule has 0 aromatic carbocycles. The van der Waals surface area contributed by atoms with E-state index in [1.807, 2.05) is 18.3 Å². The van der Waals surface area contributed by atoms with Gasteiger partial charge in [0, 0.05) is 12.3 Å². The first kappa shape index (κ1) is 29.8. The maximum absolute atomic E-state index is 5.90. The highest BCUT2D eigenvalue weighted by Gasteiger charge is 2.19. The number of nitrogens with zero attached hydrogens (tertiary/aromatic N) is 3. The molecule has 1 aliphatic carbocycles. The molecule has 5 heteroatoms. The summed E-state index contributed by atoms with van der Waals surface area (Å²) in [6, 6.07) is 9.25. The van der Waals surface area contributed by atoms with E-state index in [-0.39, 0.29) is 0 Å². The maximum Gasteiger partial charge on any atom is 0.313 e. The Balaban J connectivity index is 1.25. The lowest BCUT2D eigenvalue weighted by Crippen LogP contribution is -2.09. The van der Waals surface area contributed by atoms with Crippen LogP contribution in [0.25, 0.3) is 11.4 Å². The van der Waals surface area contributed by atoms with Crippen LogP contribution in [0, 0.1) is 17.8 Å². The van der Waals surface area contributed by atoms with E-state index in [4.69, 9.17) is 4.43 Å². The minimum Gasteiger partial charge on any atom is -0.527 e. The monoisotopic (exact) mass is 521 g/mol. The van der Waals surface area contributed by atoms with E-state index >= 15 is 0 Å². The fourth-order valence-corrected chi connectivity index (χ4v) is 5.74. The third-order valence-corrected chi connectivity index (χ3v) is 9.03. The van der Waals surface area contributed by atoms with Gasteiger partial charge in [-0.05, 0) is 54.3 Å². The first-order chi connectivity index (χ1) is 18.1. The highest BCUT2D eigenvalue weighted by Crippen LogP contribution is 2.34. The van der Waals surface area contributed by atoms with Gasteiger partial charge in [0.2, 0.25) is 5.88 Å². The van der Waals surface area contributed by atoms with E-state index in [1.165, 1.54) is 102 Å². The molecule has 2 radical (unpaired) electrons. The zero-order chi connectivity index (χ0) is 26.1. The van der Waals surface area contributed by atoms with Gasteiger partial charge in [-0.15, -0.1) is 10.2 Å². The number of aromatic nitrogens is 3. The number of hydrogen-bond acceptors (Lipinski definition) is 4. The third-order valence-electron chi connectivity index (χ3n) is 7.81. The molecule has 1 saturated carbocycles. The average Bonchev–Trinajstić information content (AvgIpc) is 3.75. The molecule has 2 aromatic heterocycles.